The smallest absolute Gasteiger partial charge is 0.344 e. The van der Waals surface area contributed by atoms with Gasteiger partial charge in [0.2, 0.25) is 0 Å². The third-order valence-corrected chi connectivity index (χ3v) is 12.3. The number of halogens is 2. The molecule has 60 heavy (non-hydrogen) atoms. The highest BCUT2D eigenvalue weighted by Crippen LogP contribution is 2.45. The number of benzene rings is 2. The minimum Gasteiger partial charge on any atom is -0.459 e. The maximum Gasteiger partial charge on any atom is 0.344 e. The molecule has 2 N–H and O–H groups in total. The van der Waals surface area contributed by atoms with E-state index in [1.165, 1.54) is 0 Å². The Hall–Kier alpha value is -5.28. The van der Waals surface area contributed by atoms with E-state index in [-0.39, 0.29) is 35.4 Å². The highest BCUT2D eigenvalue weighted by molar-refractivity contribution is 6.34. The second-order valence-electron chi connectivity index (χ2n) is 16.9. The Bertz CT molecular complexity index is 2420. The van der Waals surface area contributed by atoms with Crippen molar-refractivity contribution < 1.29 is 38.3 Å². The molecule has 0 unspecified atom stereocenters. The van der Waals surface area contributed by atoms with Crippen molar-refractivity contribution in [1.29, 1.82) is 0 Å². The van der Waals surface area contributed by atoms with E-state index in [4.69, 9.17) is 41.7 Å². The summed E-state index contributed by atoms with van der Waals surface area (Å²) in [6, 6.07) is 14.6. The van der Waals surface area contributed by atoms with Crippen LogP contribution in [-0.4, -0.2) is 75.4 Å². The molecule has 2 aromatic carbocycles. The molecule has 0 bridgehead atoms. The van der Waals surface area contributed by atoms with Crippen molar-refractivity contribution >= 4 is 35.1 Å². The van der Waals surface area contributed by atoms with Gasteiger partial charge in [0, 0.05) is 22.5 Å². The lowest BCUT2D eigenvalue weighted by atomic mass is 9.77. The van der Waals surface area contributed by atoms with E-state index < -0.39 is 23.1 Å². The van der Waals surface area contributed by atoms with Crippen molar-refractivity contribution in [2.45, 2.75) is 115 Å². The zero-order valence-electron chi connectivity index (χ0n) is 33.5. The standard InChI is InChI=1S/2C22H22ClN3O4/c2*1-12-16(11-24-26(12)13-9-22(2,28)10-13)20-18(21(27)29-14-7-8-14)19(25-30-20)15-5-3-4-6-17(15)23/h2*3-6,11,13-14,28H,7-10H2,1-2H3. The number of rotatable bonds is 10. The molecule has 0 spiro atoms. The Kier molecular flexibility index (Phi) is 10.3. The van der Waals surface area contributed by atoms with Gasteiger partial charge < -0.3 is 28.7 Å². The first-order chi connectivity index (χ1) is 28.7. The summed E-state index contributed by atoms with van der Waals surface area (Å²) >= 11 is 12.7. The molecule has 4 aromatic heterocycles. The molecule has 312 valence electrons. The Balaban J connectivity index is 0.000000154. The molecular weight excluding hydrogens is 811 g/mol. The van der Waals surface area contributed by atoms with Crippen molar-refractivity contribution in [2.75, 3.05) is 0 Å². The summed E-state index contributed by atoms with van der Waals surface area (Å²) < 4.78 is 26.3. The molecule has 4 aliphatic carbocycles. The Morgan fingerprint density at radius 2 is 1.02 bits per heavy atom. The summed E-state index contributed by atoms with van der Waals surface area (Å²) in [5.41, 5.74) is 4.18. The predicted octanol–water partition coefficient (Wildman–Crippen LogP) is 9.14. The summed E-state index contributed by atoms with van der Waals surface area (Å²) in [5, 5.41) is 38.5. The SMILES string of the molecule is Cc1c(-c2onc(-c3ccccc3Cl)c2C(=O)OC2CC2)cnn1C1CC(C)(O)C1.Cc1c(-c2onc(-c3ccccc3Cl)c2C(=O)OC2CC2)cnn1C1CC(C)(O)C1. The molecule has 4 heterocycles. The van der Waals surface area contributed by atoms with E-state index in [9.17, 15) is 19.8 Å². The van der Waals surface area contributed by atoms with Crippen LogP contribution < -0.4 is 0 Å². The number of ether oxygens (including phenoxy) is 2. The van der Waals surface area contributed by atoms with E-state index in [1.54, 1.807) is 36.7 Å². The number of carbonyl (C=O) groups excluding carboxylic acids is 2. The summed E-state index contributed by atoms with van der Waals surface area (Å²) in [6.07, 6.45) is 9.23. The fourth-order valence-electron chi connectivity index (χ4n) is 8.08. The predicted molar refractivity (Wildman–Crippen MR) is 220 cm³/mol. The lowest BCUT2D eigenvalue weighted by Crippen LogP contribution is -2.42. The van der Waals surface area contributed by atoms with E-state index in [2.05, 4.69) is 20.5 Å². The zero-order valence-corrected chi connectivity index (χ0v) is 35.0. The van der Waals surface area contributed by atoms with Crippen LogP contribution >= 0.6 is 23.2 Å². The Morgan fingerprint density at radius 3 is 1.35 bits per heavy atom. The molecule has 0 saturated heterocycles. The largest absolute Gasteiger partial charge is 0.459 e. The molecule has 10 rings (SSSR count). The van der Waals surface area contributed by atoms with E-state index in [1.807, 2.05) is 61.3 Å². The quantitative estimate of drug-likeness (QED) is 0.125. The molecule has 4 aliphatic rings. The van der Waals surface area contributed by atoms with Crippen LogP contribution in [-0.2, 0) is 9.47 Å². The van der Waals surface area contributed by atoms with Gasteiger partial charge in [0.05, 0.1) is 56.9 Å². The van der Waals surface area contributed by atoms with Crippen LogP contribution in [0.3, 0.4) is 0 Å². The van der Waals surface area contributed by atoms with Gasteiger partial charge in [-0.1, -0.05) is 69.9 Å². The minimum absolute atomic E-state index is 0.0552. The number of hydrogen-bond acceptors (Lipinski definition) is 12. The van der Waals surface area contributed by atoms with Crippen LogP contribution in [0.15, 0.2) is 70.0 Å². The highest BCUT2D eigenvalue weighted by Gasteiger charge is 2.43. The molecule has 14 nitrogen and oxygen atoms in total. The van der Waals surface area contributed by atoms with Crippen molar-refractivity contribution in [3.8, 4) is 45.2 Å². The first-order valence-electron chi connectivity index (χ1n) is 20.1. The third-order valence-electron chi connectivity index (χ3n) is 11.6. The van der Waals surface area contributed by atoms with Crippen molar-refractivity contribution in [3.63, 3.8) is 0 Å². The maximum atomic E-state index is 13.0. The number of aliphatic hydroxyl groups is 2. The van der Waals surface area contributed by atoms with Crippen molar-refractivity contribution in [2.24, 2.45) is 0 Å². The summed E-state index contributed by atoms with van der Waals surface area (Å²) in [6.45, 7) is 7.48. The second-order valence-corrected chi connectivity index (χ2v) is 17.7. The van der Waals surface area contributed by atoms with Gasteiger partial charge in [0.15, 0.2) is 11.5 Å². The molecule has 4 fully saturated rings. The molecule has 6 aromatic rings. The van der Waals surface area contributed by atoms with E-state index in [0.29, 0.717) is 80.9 Å². The average molecular weight is 856 g/mol. The molecule has 4 saturated carbocycles. The zero-order chi connectivity index (χ0) is 42.1. The van der Waals surface area contributed by atoms with E-state index in [0.717, 1.165) is 37.1 Å². The average Bonchev–Trinajstić information content (AvgIpc) is 3.99. The molecule has 0 amide bonds. The van der Waals surface area contributed by atoms with Crippen LogP contribution in [0.2, 0.25) is 10.0 Å². The fraction of sp³-hybridized carbons (Fsp3) is 0.409. The van der Waals surface area contributed by atoms with Gasteiger partial charge in [-0.15, -0.1) is 0 Å². The summed E-state index contributed by atoms with van der Waals surface area (Å²) in [5.74, 6) is -0.291. The topological polar surface area (TPSA) is 181 Å². The fourth-order valence-corrected chi connectivity index (χ4v) is 8.53. The second kappa shape index (κ2) is 15.3. The first-order valence-corrected chi connectivity index (χ1v) is 20.9. The molecular formula is C44H44Cl2N6O8. The first kappa shape index (κ1) is 40.1. The van der Waals surface area contributed by atoms with Crippen LogP contribution in [0, 0.1) is 13.8 Å². The van der Waals surface area contributed by atoms with Gasteiger partial charge in [-0.2, -0.15) is 10.2 Å². The van der Waals surface area contributed by atoms with Crippen molar-refractivity contribution in [1.82, 2.24) is 29.9 Å². The van der Waals surface area contributed by atoms with Crippen LogP contribution in [0.1, 0.15) is 109 Å². The van der Waals surface area contributed by atoms with Gasteiger partial charge in [0.25, 0.3) is 0 Å². The Morgan fingerprint density at radius 1 is 0.650 bits per heavy atom. The van der Waals surface area contributed by atoms with Crippen LogP contribution in [0.5, 0.6) is 0 Å². The molecule has 16 heteroatoms. The maximum absolute atomic E-state index is 13.0. The highest BCUT2D eigenvalue weighted by atomic mass is 35.5. The molecule has 0 radical (unpaired) electrons. The molecule has 0 aliphatic heterocycles. The van der Waals surface area contributed by atoms with Crippen LogP contribution in [0.4, 0.5) is 0 Å². The number of aromatic nitrogens is 6. The molecule has 0 atom stereocenters. The number of carbonyl (C=O) groups is 2. The lowest BCUT2D eigenvalue weighted by Gasteiger charge is -2.41. The number of esters is 2. The lowest BCUT2D eigenvalue weighted by molar-refractivity contribution is -0.0553. The van der Waals surface area contributed by atoms with Gasteiger partial charge in [-0.3, -0.25) is 9.36 Å². The normalized spacial score (nSPS) is 23.3. The number of hydrogen-bond donors (Lipinski definition) is 2. The summed E-state index contributed by atoms with van der Waals surface area (Å²) in [4.78, 5) is 26.1. The van der Waals surface area contributed by atoms with Gasteiger partial charge in [-0.05, 0) is 91.2 Å². The monoisotopic (exact) mass is 854 g/mol. The minimum atomic E-state index is -0.661. The summed E-state index contributed by atoms with van der Waals surface area (Å²) in [7, 11) is 0. The van der Waals surface area contributed by atoms with Gasteiger partial charge >= 0.3 is 11.9 Å². The van der Waals surface area contributed by atoms with Gasteiger partial charge in [0.1, 0.15) is 34.7 Å². The van der Waals surface area contributed by atoms with Gasteiger partial charge in [-0.25, -0.2) is 9.59 Å². The van der Waals surface area contributed by atoms with E-state index >= 15 is 0 Å². The van der Waals surface area contributed by atoms with Crippen molar-refractivity contribution in [3.05, 3.63) is 93.5 Å². The third kappa shape index (κ3) is 7.77. The number of nitrogens with zero attached hydrogens (tertiary/aromatic N) is 6. The van der Waals surface area contributed by atoms with Crippen LogP contribution in [0.25, 0.3) is 45.2 Å². The Labute approximate surface area is 355 Å².